The SMILES string of the molecule is [O-][S+](CCC1=CN(c2ccccc2)N(c2ccccc2)C1)c1ccccc1. The Morgan fingerprint density at radius 2 is 1.30 bits per heavy atom. The average molecular weight is 375 g/mol. The number of para-hydroxylation sites is 2. The van der Waals surface area contributed by atoms with Crippen LogP contribution in [0.5, 0.6) is 0 Å². The third kappa shape index (κ3) is 4.18. The number of nitrogens with zero attached hydrogens (tertiary/aromatic N) is 2. The summed E-state index contributed by atoms with van der Waals surface area (Å²) >= 11 is -0.969. The molecule has 1 atom stereocenters. The number of hydrazine groups is 1. The minimum Gasteiger partial charge on any atom is -0.611 e. The van der Waals surface area contributed by atoms with E-state index in [1.165, 1.54) is 5.57 Å². The molecule has 1 unspecified atom stereocenters. The van der Waals surface area contributed by atoms with Gasteiger partial charge in [-0.15, -0.1) is 0 Å². The second-order valence-electron chi connectivity index (χ2n) is 6.47. The van der Waals surface area contributed by atoms with Gasteiger partial charge in [0.05, 0.1) is 17.9 Å². The molecule has 1 heterocycles. The quantitative estimate of drug-likeness (QED) is 0.568. The van der Waals surface area contributed by atoms with E-state index in [1.807, 2.05) is 42.5 Å². The maximum absolute atomic E-state index is 12.6. The highest BCUT2D eigenvalue weighted by atomic mass is 32.2. The van der Waals surface area contributed by atoms with E-state index in [0.717, 1.165) is 29.2 Å². The van der Waals surface area contributed by atoms with Crippen molar-refractivity contribution < 1.29 is 4.55 Å². The molecular formula is C23H22N2OS. The molecule has 136 valence electrons. The second-order valence-corrected chi connectivity index (χ2v) is 8.04. The lowest BCUT2D eigenvalue weighted by molar-refractivity contribution is 0.594. The highest BCUT2D eigenvalue weighted by molar-refractivity contribution is 7.91. The zero-order chi connectivity index (χ0) is 18.5. The van der Waals surface area contributed by atoms with E-state index in [9.17, 15) is 4.55 Å². The van der Waals surface area contributed by atoms with Crippen molar-refractivity contribution in [3.8, 4) is 0 Å². The van der Waals surface area contributed by atoms with Gasteiger partial charge in [-0.1, -0.05) is 54.6 Å². The van der Waals surface area contributed by atoms with Gasteiger partial charge in [0.15, 0.2) is 4.90 Å². The van der Waals surface area contributed by atoms with E-state index in [1.54, 1.807) is 0 Å². The van der Waals surface area contributed by atoms with Crippen LogP contribution in [-0.2, 0) is 11.2 Å². The maximum Gasteiger partial charge on any atom is 0.152 e. The minimum atomic E-state index is -0.969. The van der Waals surface area contributed by atoms with Crippen LogP contribution in [0.1, 0.15) is 6.42 Å². The molecule has 0 aliphatic carbocycles. The van der Waals surface area contributed by atoms with E-state index in [-0.39, 0.29) is 0 Å². The number of anilines is 2. The fourth-order valence-electron chi connectivity index (χ4n) is 3.22. The van der Waals surface area contributed by atoms with Gasteiger partial charge in [-0.2, -0.15) is 0 Å². The lowest BCUT2D eigenvalue weighted by Gasteiger charge is -2.31. The van der Waals surface area contributed by atoms with Crippen molar-refractivity contribution in [1.29, 1.82) is 0 Å². The molecule has 0 spiro atoms. The molecule has 3 nitrogen and oxygen atoms in total. The molecule has 0 amide bonds. The Morgan fingerprint density at radius 3 is 1.93 bits per heavy atom. The van der Waals surface area contributed by atoms with E-state index < -0.39 is 11.2 Å². The summed E-state index contributed by atoms with van der Waals surface area (Å²) in [5.41, 5.74) is 3.56. The van der Waals surface area contributed by atoms with Crippen LogP contribution in [0.3, 0.4) is 0 Å². The molecule has 4 heteroatoms. The highest BCUT2D eigenvalue weighted by Gasteiger charge is 2.24. The molecular weight excluding hydrogens is 352 g/mol. The predicted octanol–water partition coefficient (Wildman–Crippen LogP) is 5.01. The van der Waals surface area contributed by atoms with Crippen LogP contribution >= 0.6 is 0 Å². The number of hydrogen-bond donors (Lipinski definition) is 0. The molecule has 27 heavy (non-hydrogen) atoms. The van der Waals surface area contributed by atoms with Gasteiger partial charge in [0.2, 0.25) is 0 Å². The van der Waals surface area contributed by atoms with Gasteiger partial charge >= 0.3 is 0 Å². The monoisotopic (exact) mass is 374 g/mol. The molecule has 0 N–H and O–H groups in total. The summed E-state index contributed by atoms with van der Waals surface area (Å²) in [6, 6.07) is 30.4. The zero-order valence-corrected chi connectivity index (χ0v) is 15.9. The van der Waals surface area contributed by atoms with Crippen LogP contribution in [0.25, 0.3) is 0 Å². The van der Waals surface area contributed by atoms with Crippen molar-refractivity contribution in [1.82, 2.24) is 0 Å². The van der Waals surface area contributed by atoms with Crippen LogP contribution < -0.4 is 10.0 Å². The van der Waals surface area contributed by atoms with Crippen LogP contribution in [0.4, 0.5) is 11.4 Å². The molecule has 0 bridgehead atoms. The Bertz CT molecular complexity index is 884. The topological polar surface area (TPSA) is 29.5 Å². The van der Waals surface area contributed by atoms with E-state index in [4.69, 9.17) is 0 Å². The summed E-state index contributed by atoms with van der Waals surface area (Å²) in [6.07, 6.45) is 3.00. The second kappa shape index (κ2) is 8.33. The summed E-state index contributed by atoms with van der Waals surface area (Å²) in [5, 5.41) is 4.45. The first kappa shape index (κ1) is 17.7. The van der Waals surface area contributed by atoms with Crippen molar-refractivity contribution >= 4 is 22.6 Å². The third-order valence-corrected chi connectivity index (χ3v) is 5.98. The lowest BCUT2D eigenvalue weighted by atomic mass is 10.2. The summed E-state index contributed by atoms with van der Waals surface area (Å²) in [7, 11) is 0. The Hall–Kier alpha value is -2.69. The van der Waals surface area contributed by atoms with Crippen LogP contribution in [0.15, 0.2) is 108 Å². The molecule has 3 aromatic carbocycles. The van der Waals surface area contributed by atoms with Crippen LogP contribution in [-0.4, -0.2) is 16.9 Å². The molecule has 0 saturated heterocycles. The molecule has 4 rings (SSSR count). The molecule has 1 aliphatic heterocycles. The summed E-state index contributed by atoms with van der Waals surface area (Å²) in [4.78, 5) is 0.899. The minimum absolute atomic E-state index is 0.640. The van der Waals surface area contributed by atoms with E-state index in [2.05, 4.69) is 64.7 Å². The number of rotatable bonds is 6. The largest absolute Gasteiger partial charge is 0.611 e. The van der Waals surface area contributed by atoms with Crippen molar-refractivity contribution in [2.75, 3.05) is 22.3 Å². The third-order valence-electron chi connectivity index (χ3n) is 4.61. The molecule has 0 saturated carbocycles. The summed E-state index contributed by atoms with van der Waals surface area (Å²) < 4.78 is 12.6. The lowest BCUT2D eigenvalue weighted by Crippen LogP contribution is -2.35. The Morgan fingerprint density at radius 1 is 0.741 bits per heavy atom. The van der Waals surface area contributed by atoms with Gasteiger partial charge in [0, 0.05) is 12.6 Å². The van der Waals surface area contributed by atoms with Gasteiger partial charge in [0.1, 0.15) is 5.75 Å². The first-order chi connectivity index (χ1) is 13.3. The van der Waals surface area contributed by atoms with Crippen molar-refractivity contribution in [2.45, 2.75) is 11.3 Å². The van der Waals surface area contributed by atoms with Gasteiger partial charge in [-0.25, -0.2) is 0 Å². The fourth-order valence-corrected chi connectivity index (χ4v) is 4.36. The van der Waals surface area contributed by atoms with Crippen LogP contribution in [0, 0.1) is 0 Å². The van der Waals surface area contributed by atoms with E-state index >= 15 is 0 Å². The maximum atomic E-state index is 12.6. The normalized spacial score (nSPS) is 14.9. The molecule has 1 aliphatic rings. The molecule has 3 aromatic rings. The first-order valence-electron chi connectivity index (χ1n) is 9.11. The van der Waals surface area contributed by atoms with Crippen molar-refractivity contribution in [3.05, 3.63) is 103 Å². The Kier molecular flexibility index (Phi) is 5.47. The van der Waals surface area contributed by atoms with Crippen LogP contribution in [0.2, 0.25) is 0 Å². The van der Waals surface area contributed by atoms with E-state index in [0.29, 0.717) is 5.75 Å². The predicted molar refractivity (Wildman–Crippen MR) is 113 cm³/mol. The molecule has 0 fully saturated rings. The van der Waals surface area contributed by atoms with Gasteiger partial charge in [-0.3, -0.25) is 10.0 Å². The van der Waals surface area contributed by atoms with Crippen molar-refractivity contribution in [2.24, 2.45) is 0 Å². The van der Waals surface area contributed by atoms with Gasteiger partial charge in [0.25, 0.3) is 0 Å². The molecule has 0 aromatic heterocycles. The number of hydrogen-bond acceptors (Lipinski definition) is 3. The average Bonchev–Trinajstić information content (AvgIpc) is 3.18. The summed E-state index contributed by atoms with van der Waals surface area (Å²) in [5.74, 6) is 0.640. The summed E-state index contributed by atoms with van der Waals surface area (Å²) in [6.45, 7) is 0.810. The fraction of sp³-hybridized carbons (Fsp3) is 0.130. The zero-order valence-electron chi connectivity index (χ0n) is 15.1. The first-order valence-corrected chi connectivity index (χ1v) is 10.4. The standard InChI is InChI=1S/C23H22N2OS/c26-27(23-14-8-3-9-15-23)17-16-20-18-24(21-10-4-1-5-11-21)25(19-20)22-12-6-2-7-13-22/h1-15,18H,16-17,19H2. The van der Waals surface area contributed by atoms with Crippen molar-refractivity contribution in [3.63, 3.8) is 0 Å². The van der Waals surface area contributed by atoms with Gasteiger partial charge < -0.3 is 4.55 Å². The highest BCUT2D eigenvalue weighted by Crippen LogP contribution is 2.30. The number of benzene rings is 3. The Balaban J connectivity index is 1.51. The Labute approximate surface area is 163 Å². The molecule has 0 radical (unpaired) electrons. The smallest absolute Gasteiger partial charge is 0.152 e. The van der Waals surface area contributed by atoms with Gasteiger partial charge in [-0.05, 0) is 53.1 Å².